The number of likely N-dealkylation sites (tertiary alicyclic amines) is 1. The molecule has 3 heterocycles. The predicted molar refractivity (Wildman–Crippen MR) is 153 cm³/mol. The molecule has 3 aliphatic heterocycles. The van der Waals surface area contributed by atoms with E-state index >= 15 is 0 Å². The minimum absolute atomic E-state index is 0.0480. The number of nitrogens with one attached hydrogen (secondary N) is 2. The summed E-state index contributed by atoms with van der Waals surface area (Å²) in [7, 11) is 0. The van der Waals surface area contributed by atoms with Crippen molar-refractivity contribution in [3.8, 4) is 0 Å². The highest BCUT2D eigenvalue weighted by molar-refractivity contribution is 6.02. The number of nitrogens with zero attached hydrogens (tertiary/aromatic N) is 1. The molecule has 2 aromatic carbocycles. The summed E-state index contributed by atoms with van der Waals surface area (Å²) in [5, 5.41) is 6.34. The number of fused-ring (bicyclic) bond motifs is 1. The van der Waals surface area contributed by atoms with Gasteiger partial charge in [-0.3, -0.25) is 14.4 Å². The van der Waals surface area contributed by atoms with Crippen LogP contribution in [0, 0.1) is 37.5 Å². The van der Waals surface area contributed by atoms with E-state index < -0.39 is 29.6 Å². The summed E-state index contributed by atoms with van der Waals surface area (Å²) < 4.78 is 6.51. The number of carbonyl (C=O) groups excluding carboxylic acids is 3. The maximum Gasteiger partial charge on any atom is 0.246 e. The van der Waals surface area contributed by atoms with Gasteiger partial charge < -0.3 is 20.3 Å². The summed E-state index contributed by atoms with van der Waals surface area (Å²) in [6.07, 6.45) is 6.35. The molecule has 210 valence electrons. The van der Waals surface area contributed by atoms with Gasteiger partial charge in [0.25, 0.3) is 0 Å². The Morgan fingerprint density at radius 2 is 1.80 bits per heavy atom. The third kappa shape index (κ3) is 4.35. The van der Waals surface area contributed by atoms with Crippen LogP contribution >= 0.6 is 0 Å². The Bertz CT molecular complexity index is 1360. The van der Waals surface area contributed by atoms with E-state index in [-0.39, 0.29) is 30.3 Å². The molecule has 7 nitrogen and oxygen atoms in total. The largest absolute Gasteiger partial charge is 0.359 e. The molecule has 3 fully saturated rings. The van der Waals surface area contributed by atoms with Gasteiger partial charge in [0.15, 0.2) is 0 Å². The van der Waals surface area contributed by atoms with Crippen LogP contribution in [0.15, 0.2) is 60.7 Å². The average molecular weight is 542 g/mol. The zero-order valence-corrected chi connectivity index (χ0v) is 23.7. The van der Waals surface area contributed by atoms with E-state index in [0.717, 1.165) is 36.0 Å². The first kappa shape index (κ1) is 26.8. The number of ether oxygens (including phenoxy) is 1. The van der Waals surface area contributed by atoms with Gasteiger partial charge in [0.1, 0.15) is 11.6 Å². The molecule has 1 spiro atoms. The number of benzene rings is 2. The molecule has 2 saturated heterocycles. The number of carbonyl (C=O) groups is 3. The molecular weight excluding hydrogens is 502 g/mol. The van der Waals surface area contributed by atoms with Crippen molar-refractivity contribution in [3.05, 3.63) is 77.4 Å². The van der Waals surface area contributed by atoms with Gasteiger partial charge in [-0.25, -0.2) is 0 Å². The Morgan fingerprint density at radius 1 is 1.02 bits per heavy atom. The average Bonchev–Trinajstić information content (AvgIpc) is 3.57. The van der Waals surface area contributed by atoms with Crippen LogP contribution < -0.4 is 10.6 Å². The summed E-state index contributed by atoms with van der Waals surface area (Å²) in [4.78, 5) is 43.7. The normalized spacial score (nSPS) is 34.1. The van der Waals surface area contributed by atoms with Crippen molar-refractivity contribution in [1.82, 2.24) is 10.2 Å². The first-order valence-electron chi connectivity index (χ1n) is 14.6. The van der Waals surface area contributed by atoms with Crippen LogP contribution in [0.3, 0.4) is 0 Å². The molecule has 2 bridgehead atoms. The fourth-order valence-corrected chi connectivity index (χ4v) is 7.31. The van der Waals surface area contributed by atoms with E-state index in [9.17, 15) is 14.4 Å². The Kier molecular flexibility index (Phi) is 6.81. The lowest BCUT2D eigenvalue weighted by atomic mass is 9.73. The quantitative estimate of drug-likeness (QED) is 0.526. The second kappa shape index (κ2) is 10.2. The number of rotatable bonds is 6. The molecular formula is C33H39N3O4. The van der Waals surface area contributed by atoms with Gasteiger partial charge >= 0.3 is 0 Å². The van der Waals surface area contributed by atoms with Gasteiger partial charge in [-0.15, -0.1) is 0 Å². The Morgan fingerprint density at radius 3 is 2.55 bits per heavy atom. The number of hydrogen-bond donors (Lipinski definition) is 2. The second-order valence-corrected chi connectivity index (χ2v) is 12.3. The van der Waals surface area contributed by atoms with Crippen molar-refractivity contribution < 1.29 is 19.1 Å². The molecule has 2 N–H and O–H groups in total. The Balaban J connectivity index is 1.32. The molecule has 0 radical (unpaired) electrons. The van der Waals surface area contributed by atoms with E-state index in [4.69, 9.17) is 4.74 Å². The van der Waals surface area contributed by atoms with Crippen molar-refractivity contribution in [3.63, 3.8) is 0 Å². The first-order chi connectivity index (χ1) is 19.2. The summed E-state index contributed by atoms with van der Waals surface area (Å²) in [5.41, 5.74) is 2.66. The molecule has 1 saturated carbocycles. The van der Waals surface area contributed by atoms with Gasteiger partial charge in [-0.1, -0.05) is 75.2 Å². The van der Waals surface area contributed by atoms with E-state index in [1.54, 1.807) is 4.90 Å². The molecule has 6 rings (SSSR count). The SMILES string of the molecule is Cc1ccc(NC(=O)[C@H]2[C@H]3C=C[C@@]4(O3)[C@H]2C(=O)N(Cc2ccccc2)[C@@H]4C(=O)N[C@@H]2CCC[C@@H](C)[C@@H]2C)cc1C. The summed E-state index contributed by atoms with van der Waals surface area (Å²) in [6, 6.07) is 14.7. The fraction of sp³-hybridized carbons (Fsp3) is 0.485. The van der Waals surface area contributed by atoms with Crippen LogP contribution in [0.5, 0.6) is 0 Å². The number of anilines is 1. The number of amides is 3. The van der Waals surface area contributed by atoms with Crippen molar-refractivity contribution >= 4 is 23.4 Å². The third-order valence-corrected chi connectivity index (χ3v) is 9.93. The van der Waals surface area contributed by atoms with Crippen LogP contribution in [0.1, 0.15) is 49.8 Å². The van der Waals surface area contributed by atoms with Crippen LogP contribution in [0.2, 0.25) is 0 Å². The highest BCUT2D eigenvalue weighted by Crippen LogP contribution is 2.55. The van der Waals surface area contributed by atoms with Gasteiger partial charge in [0, 0.05) is 18.3 Å². The van der Waals surface area contributed by atoms with E-state index in [2.05, 4.69) is 24.5 Å². The maximum atomic E-state index is 14.2. The fourth-order valence-electron chi connectivity index (χ4n) is 7.31. The lowest BCUT2D eigenvalue weighted by molar-refractivity contribution is -0.142. The molecule has 3 amide bonds. The summed E-state index contributed by atoms with van der Waals surface area (Å²) in [5.74, 6) is -1.28. The van der Waals surface area contributed by atoms with Gasteiger partial charge in [0.05, 0.1) is 17.9 Å². The van der Waals surface area contributed by atoms with Crippen LogP contribution in [0.4, 0.5) is 5.69 Å². The summed E-state index contributed by atoms with van der Waals surface area (Å²) >= 11 is 0. The summed E-state index contributed by atoms with van der Waals surface area (Å²) in [6.45, 7) is 8.74. The standard InChI is InChI=1S/C33H39N3O4/c1-19-13-14-24(17-21(19)3)34-30(37)27-26-15-16-33(40-26)28(27)32(39)36(18-23-10-6-5-7-11-23)29(33)31(38)35-25-12-8-9-20(2)22(25)4/h5-7,10-11,13-17,20,22,25-29H,8-9,12,18H2,1-4H3,(H,34,37)(H,35,38)/t20-,22+,25-,26-,27+,28-,29-,33-/m1/s1. The molecule has 2 aromatic rings. The van der Waals surface area contributed by atoms with E-state index in [1.165, 1.54) is 0 Å². The maximum absolute atomic E-state index is 14.2. The minimum Gasteiger partial charge on any atom is -0.359 e. The topological polar surface area (TPSA) is 87.7 Å². The second-order valence-electron chi connectivity index (χ2n) is 12.3. The lowest BCUT2D eigenvalue weighted by Crippen LogP contribution is -2.57. The Labute approximate surface area is 236 Å². The van der Waals surface area contributed by atoms with Gasteiger partial charge in [-0.05, 0) is 60.9 Å². The molecule has 1 aliphatic carbocycles. The molecule has 0 unspecified atom stereocenters. The molecule has 40 heavy (non-hydrogen) atoms. The van der Waals surface area contributed by atoms with Crippen molar-refractivity contribution in [2.75, 3.05) is 5.32 Å². The van der Waals surface area contributed by atoms with Crippen molar-refractivity contribution in [2.24, 2.45) is 23.7 Å². The Hall–Kier alpha value is -3.45. The molecule has 0 aromatic heterocycles. The first-order valence-corrected chi connectivity index (χ1v) is 14.6. The smallest absolute Gasteiger partial charge is 0.246 e. The molecule has 4 aliphatic rings. The monoisotopic (exact) mass is 541 g/mol. The van der Waals surface area contributed by atoms with Crippen molar-refractivity contribution in [1.29, 1.82) is 0 Å². The predicted octanol–water partition coefficient (Wildman–Crippen LogP) is 4.53. The molecule has 7 heteroatoms. The number of aryl methyl sites for hydroxylation is 2. The van der Waals surface area contributed by atoms with Crippen LogP contribution in [-0.2, 0) is 25.7 Å². The minimum atomic E-state index is -1.17. The zero-order chi connectivity index (χ0) is 28.2. The molecule has 8 atom stereocenters. The number of hydrogen-bond acceptors (Lipinski definition) is 4. The zero-order valence-electron chi connectivity index (χ0n) is 23.7. The highest BCUT2D eigenvalue weighted by Gasteiger charge is 2.72. The highest BCUT2D eigenvalue weighted by atomic mass is 16.5. The lowest BCUT2D eigenvalue weighted by Gasteiger charge is -2.38. The van der Waals surface area contributed by atoms with E-state index in [0.29, 0.717) is 17.5 Å². The van der Waals surface area contributed by atoms with Crippen LogP contribution in [-0.4, -0.2) is 46.4 Å². The van der Waals surface area contributed by atoms with Crippen molar-refractivity contribution in [2.45, 2.75) is 77.3 Å². The van der Waals surface area contributed by atoms with Gasteiger partial charge in [0.2, 0.25) is 17.7 Å². The van der Waals surface area contributed by atoms with Gasteiger partial charge in [-0.2, -0.15) is 0 Å². The third-order valence-electron chi connectivity index (χ3n) is 9.93. The van der Waals surface area contributed by atoms with Crippen LogP contribution in [0.25, 0.3) is 0 Å². The van der Waals surface area contributed by atoms with E-state index in [1.807, 2.05) is 74.5 Å².